The maximum Gasteiger partial charge on any atom is 0.406 e. The van der Waals surface area contributed by atoms with Gasteiger partial charge >= 0.3 is 6.18 Å². The van der Waals surface area contributed by atoms with E-state index in [1.807, 2.05) is 24.3 Å². The molecule has 0 aromatic heterocycles. The van der Waals surface area contributed by atoms with Crippen molar-refractivity contribution >= 4 is 32.6 Å². The van der Waals surface area contributed by atoms with Crippen LogP contribution in [-0.4, -0.2) is 35.4 Å². The molecule has 2 rings (SSSR count). The Morgan fingerprint density at radius 3 is 2.38 bits per heavy atom. The number of halogens is 4. The van der Waals surface area contributed by atoms with E-state index < -0.39 is 18.6 Å². The molecule has 2 aromatic carbocycles. The highest BCUT2D eigenvalue weighted by Gasteiger charge is 2.33. The van der Waals surface area contributed by atoms with E-state index in [2.05, 4.69) is 15.9 Å². The second-order valence-electron chi connectivity index (χ2n) is 4.59. The molecule has 2 aromatic rings. The molecule has 0 N–H and O–H groups in total. The zero-order valence-corrected chi connectivity index (χ0v) is 12.6. The summed E-state index contributed by atoms with van der Waals surface area (Å²) in [7, 11) is 0. The summed E-state index contributed by atoms with van der Waals surface area (Å²) in [6.07, 6.45) is -4.41. The highest BCUT2D eigenvalue weighted by molar-refractivity contribution is 9.09. The van der Waals surface area contributed by atoms with Crippen molar-refractivity contribution in [1.29, 1.82) is 0 Å². The first-order chi connectivity index (χ1) is 9.90. The number of hydrogen-bond donors (Lipinski definition) is 0. The number of alkyl halides is 4. The molecule has 6 heteroatoms. The van der Waals surface area contributed by atoms with Crippen molar-refractivity contribution in [3.05, 3.63) is 48.0 Å². The molecule has 0 radical (unpaired) electrons. The second-order valence-corrected chi connectivity index (χ2v) is 5.39. The third kappa shape index (κ3) is 4.20. The average molecular weight is 360 g/mol. The molecular formula is C15H13BrF3NO. The van der Waals surface area contributed by atoms with Gasteiger partial charge in [-0.05, 0) is 22.9 Å². The SMILES string of the molecule is O=C(c1ccc2ccccc2c1)N(CCBr)CC(F)(F)F. The lowest BCUT2D eigenvalue weighted by Gasteiger charge is -2.23. The molecule has 112 valence electrons. The van der Waals surface area contributed by atoms with Gasteiger partial charge in [0.1, 0.15) is 6.54 Å². The second kappa shape index (κ2) is 6.47. The number of rotatable bonds is 4. The first-order valence-electron chi connectivity index (χ1n) is 6.31. The van der Waals surface area contributed by atoms with E-state index in [-0.39, 0.29) is 12.1 Å². The summed E-state index contributed by atoms with van der Waals surface area (Å²) in [5.74, 6) is -0.613. The Balaban J connectivity index is 2.29. The predicted molar refractivity (Wildman–Crippen MR) is 79.7 cm³/mol. The number of hydrogen-bond acceptors (Lipinski definition) is 1. The number of fused-ring (bicyclic) bond motifs is 1. The lowest BCUT2D eigenvalue weighted by molar-refractivity contribution is -0.140. The fraction of sp³-hybridized carbons (Fsp3) is 0.267. The summed E-state index contributed by atoms with van der Waals surface area (Å²) in [5.41, 5.74) is 0.263. The fourth-order valence-corrected chi connectivity index (χ4v) is 2.50. The molecule has 2 nitrogen and oxygen atoms in total. The molecule has 0 fully saturated rings. The smallest absolute Gasteiger partial charge is 0.329 e. The van der Waals surface area contributed by atoms with Crippen LogP contribution in [0.25, 0.3) is 10.8 Å². The molecule has 0 aliphatic carbocycles. The fourth-order valence-electron chi connectivity index (χ4n) is 2.08. The van der Waals surface area contributed by atoms with Gasteiger partial charge in [0, 0.05) is 17.4 Å². The minimum absolute atomic E-state index is 0.00513. The van der Waals surface area contributed by atoms with E-state index in [4.69, 9.17) is 0 Å². The number of benzene rings is 2. The van der Waals surface area contributed by atoms with Gasteiger partial charge in [0.05, 0.1) is 0 Å². The van der Waals surface area contributed by atoms with Crippen LogP contribution in [-0.2, 0) is 0 Å². The predicted octanol–water partition coefficient (Wildman–Crippen LogP) is 4.24. The Kier molecular flexibility index (Phi) is 4.88. The van der Waals surface area contributed by atoms with E-state index in [1.54, 1.807) is 18.2 Å². The van der Waals surface area contributed by atoms with Crippen LogP contribution < -0.4 is 0 Å². The quantitative estimate of drug-likeness (QED) is 0.747. The van der Waals surface area contributed by atoms with Crippen molar-refractivity contribution in [2.75, 3.05) is 18.4 Å². The zero-order valence-electron chi connectivity index (χ0n) is 11.0. The number of nitrogens with zero attached hydrogens (tertiary/aromatic N) is 1. The number of carbonyl (C=O) groups is 1. The molecule has 0 aliphatic rings. The molecule has 21 heavy (non-hydrogen) atoms. The van der Waals surface area contributed by atoms with E-state index in [0.717, 1.165) is 15.7 Å². The highest BCUT2D eigenvalue weighted by atomic mass is 79.9. The van der Waals surface area contributed by atoms with Crippen LogP contribution in [0.5, 0.6) is 0 Å². The van der Waals surface area contributed by atoms with Gasteiger partial charge in [0.2, 0.25) is 0 Å². The van der Waals surface area contributed by atoms with E-state index in [9.17, 15) is 18.0 Å². The molecule has 0 aliphatic heterocycles. The minimum Gasteiger partial charge on any atom is -0.329 e. The van der Waals surface area contributed by atoms with Gasteiger partial charge in [-0.1, -0.05) is 46.3 Å². The summed E-state index contributed by atoms with van der Waals surface area (Å²) in [5, 5.41) is 2.06. The largest absolute Gasteiger partial charge is 0.406 e. The summed E-state index contributed by atoms with van der Waals surface area (Å²) in [6.45, 7) is -1.24. The van der Waals surface area contributed by atoms with Gasteiger partial charge in [-0.25, -0.2) is 0 Å². The van der Waals surface area contributed by atoms with Gasteiger partial charge in [-0.2, -0.15) is 13.2 Å². The van der Waals surface area contributed by atoms with E-state index in [1.165, 1.54) is 0 Å². The molecule has 1 amide bonds. The van der Waals surface area contributed by atoms with Crippen molar-refractivity contribution in [1.82, 2.24) is 4.90 Å². The number of carbonyl (C=O) groups excluding carboxylic acids is 1. The highest BCUT2D eigenvalue weighted by Crippen LogP contribution is 2.20. The van der Waals surface area contributed by atoms with Crippen molar-refractivity contribution in [2.24, 2.45) is 0 Å². The molecule has 0 spiro atoms. The van der Waals surface area contributed by atoms with Crippen LogP contribution in [0.15, 0.2) is 42.5 Å². The Morgan fingerprint density at radius 1 is 1.10 bits per heavy atom. The molecule has 0 heterocycles. The standard InChI is InChI=1S/C15H13BrF3NO/c16-7-8-20(10-15(17,18)19)14(21)13-6-5-11-3-1-2-4-12(11)9-13/h1-6,9H,7-8,10H2. The maximum atomic E-state index is 12.5. The van der Waals surface area contributed by atoms with Gasteiger partial charge in [-0.15, -0.1) is 0 Å². The van der Waals surface area contributed by atoms with Crippen LogP contribution in [0.2, 0.25) is 0 Å². The van der Waals surface area contributed by atoms with Gasteiger partial charge in [-0.3, -0.25) is 4.79 Å². The molecule has 0 unspecified atom stereocenters. The number of amides is 1. The summed E-state index contributed by atoms with van der Waals surface area (Å²) < 4.78 is 37.6. The molecular weight excluding hydrogens is 347 g/mol. The van der Waals surface area contributed by atoms with Crippen molar-refractivity contribution in [3.8, 4) is 0 Å². The lowest BCUT2D eigenvalue weighted by Crippen LogP contribution is -2.40. The lowest BCUT2D eigenvalue weighted by atomic mass is 10.1. The van der Waals surface area contributed by atoms with Crippen LogP contribution in [0, 0.1) is 0 Å². The first-order valence-corrected chi connectivity index (χ1v) is 7.43. The van der Waals surface area contributed by atoms with Gasteiger partial charge in [0.25, 0.3) is 5.91 Å². The van der Waals surface area contributed by atoms with Crippen molar-refractivity contribution in [2.45, 2.75) is 6.18 Å². The van der Waals surface area contributed by atoms with E-state index in [0.29, 0.717) is 5.33 Å². The van der Waals surface area contributed by atoms with Gasteiger partial charge < -0.3 is 4.90 Å². The molecule has 0 atom stereocenters. The van der Waals surface area contributed by atoms with Crippen LogP contribution in [0.4, 0.5) is 13.2 Å². The first kappa shape index (κ1) is 15.8. The third-order valence-electron chi connectivity index (χ3n) is 3.01. The topological polar surface area (TPSA) is 20.3 Å². The van der Waals surface area contributed by atoms with Crippen LogP contribution in [0.1, 0.15) is 10.4 Å². The Hall–Kier alpha value is -1.56. The van der Waals surface area contributed by atoms with Crippen LogP contribution >= 0.6 is 15.9 Å². The van der Waals surface area contributed by atoms with E-state index >= 15 is 0 Å². The summed E-state index contributed by atoms with van der Waals surface area (Å²) in [4.78, 5) is 13.1. The minimum atomic E-state index is -4.41. The third-order valence-corrected chi connectivity index (χ3v) is 3.36. The molecule has 0 saturated heterocycles. The Labute approximate surface area is 128 Å². The summed E-state index contributed by atoms with van der Waals surface area (Å²) in [6, 6.07) is 12.3. The Bertz CT molecular complexity index is 642. The maximum absolute atomic E-state index is 12.5. The van der Waals surface area contributed by atoms with Crippen molar-refractivity contribution < 1.29 is 18.0 Å². The Morgan fingerprint density at radius 2 is 1.76 bits per heavy atom. The van der Waals surface area contributed by atoms with Gasteiger partial charge in [0.15, 0.2) is 0 Å². The average Bonchev–Trinajstić information content (AvgIpc) is 2.44. The summed E-state index contributed by atoms with van der Waals surface area (Å²) >= 11 is 3.08. The molecule has 0 saturated carbocycles. The monoisotopic (exact) mass is 359 g/mol. The normalized spacial score (nSPS) is 11.6. The van der Waals surface area contributed by atoms with Crippen molar-refractivity contribution in [3.63, 3.8) is 0 Å². The van der Waals surface area contributed by atoms with Crippen LogP contribution in [0.3, 0.4) is 0 Å². The molecule has 0 bridgehead atoms. The zero-order chi connectivity index (χ0) is 15.5.